The van der Waals surface area contributed by atoms with Gasteiger partial charge in [0, 0.05) is 0 Å². The monoisotopic (exact) mass is 867 g/mol. The van der Waals surface area contributed by atoms with E-state index < -0.39 is 49.2 Å². The van der Waals surface area contributed by atoms with Gasteiger partial charge in [0.1, 0.15) is 24.4 Å². The van der Waals surface area contributed by atoms with Gasteiger partial charge in [0.25, 0.3) is 0 Å². The summed E-state index contributed by atoms with van der Waals surface area (Å²) in [5.41, 5.74) is 0. The summed E-state index contributed by atoms with van der Waals surface area (Å²) in [6, 6.07) is 0. The highest BCUT2D eigenvalue weighted by Crippen LogP contribution is 2.30. The first kappa shape index (κ1) is 60.1. The zero-order valence-electron chi connectivity index (χ0n) is 41.2. The minimum absolute atomic E-state index is 0.193. The molecule has 0 aliphatic rings. The van der Waals surface area contributed by atoms with Gasteiger partial charge in [-0.15, -0.1) is 0 Å². The fourth-order valence-corrected chi connectivity index (χ4v) is 9.27. The molecule has 0 radical (unpaired) electrons. The van der Waals surface area contributed by atoms with Crippen molar-refractivity contribution in [3.63, 3.8) is 0 Å². The third-order valence-electron chi connectivity index (χ3n) is 13.4. The maximum atomic E-state index is 13.9. The lowest BCUT2D eigenvalue weighted by atomic mass is 9.86. The number of Topliss-reactive ketones (excluding diaryl/α,β-unsaturated/α-hetero) is 2. The second-order valence-electron chi connectivity index (χ2n) is 19.3. The van der Waals surface area contributed by atoms with E-state index in [2.05, 4.69) is 27.7 Å². The highest BCUT2D eigenvalue weighted by molar-refractivity contribution is 5.89. The summed E-state index contributed by atoms with van der Waals surface area (Å²) in [6.45, 7) is 7.61. The Morgan fingerprint density at radius 2 is 0.541 bits per heavy atom. The molecule has 61 heavy (non-hydrogen) atoms. The largest absolute Gasteiger partial charge is 0.393 e. The van der Waals surface area contributed by atoms with Crippen LogP contribution in [0.15, 0.2) is 0 Å². The second kappa shape index (κ2) is 45.7. The number of aliphatic hydroxyl groups is 4. The third kappa shape index (κ3) is 36.1. The van der Waals surface area contributed by atoms with Gasteiger partial charge < -0.3 is 25.2 Å². The Morgan fingerprint density at radius 1 is 0.344 bits per heavy atom. The zero-order chi connectivity index (χ0) is 45.0. The lowest BCUT2D eigenvalue weighted by molar-refractivity contribution is -0.157. The number of carbonyl (C=O) groups excluding carboxylic acids is 2. The van der Waals surface area contributed by atoms with Crippen LogP contribution in [0.5, 0.6) is 0 Å². The van der Waals surface area contributed by atoms with Crippen molar-refractivity contribution in [1.29, 1.82) is 0 Å². The van der Waals surface area contributed by atoms with Crippen LogP contribution >= 0.6 is 0 Å². The third-order valence-corrected chi connectivity index (χ3v) is 13.4. The summed E-state index contributed by atoms with van der Waals surface area (Å²) >= 11 is 0. The number of hydrogen-bond donors (Lipinski definition) is 4. The van der Waals surface area contributed by atoms with Crippen LogP contribution in [-0.2, 0) is 14.3 Å². The van der Waals surface area contributed by atoms with Gasteiger partial charge >= 0.3 is 0 Å². The molecule has 0 aliphatic heterocycles. The first-order valence-electron chi connectivity index (χ1n) is 27.1. The molecular weight excluding hydrogens is 761 g/mol. The Balaban J connectivity index is 6.02. The molecule has 0 spiro atoms. The average Bonchev–Trinajstić information content (AvgIpc) is 3.27. The van der Waals surface area contributed by atoms with Gasteiger partial charge in [0.2, 0.25) is 0 Å². The molecule has 0 saturated heterocycles. The van der Waals surface area contributed by atoms with E-state index in [4.69, 9.17) is 4.74 Å². The molecule has 0 aliphatic carbocycles. The normalized spacial score (nSPS) is 14.8. The summed E-state index contributed by atoms with van der Waals surface area (Å²) in [5, 5.41) is 41.3. The van der Waals surface area contributed by atoms with Crippen molar-refractivity contribution in [1.82, 2.24) is 0 Å². The number of carbonyl (C=O) groups is 2. The molecule has 0 aromatic rings. The second-order valence-corrected chi connectivity index (χ2v) is 19.3. The molecule has 6 atom stereocenters. The Labute approximate surface area is 379 Å². The van der Waals surface area contributed by atoms with Gasteiger partial charge in [-0.2, -0.15) is 0 Å². The fourth-order valence-electron chi connectivity index (χ4n) is 9.27. The predicted octanol–water partition coefficient (Wildman–Crippen LogP) is 14.5. The fraction of sp³-hybridized carbons (Fsp3) is 0.963. The molecule has 0 rings (SSSR count). The van der Waals surface area contributed by atoms with E-state index in [9.17, 15) is 30.0 Å². The van der Waals surface area contributed by atoms with Crippen LogP contribution in [0.1, 0.15) is 285 Å². The van der Waals surface area contributed by atoms with Crippen LogP contribution in [0.3, 0.4) is 0 Å². The minimum Gasteiger partial charge on any atom is -0.393 e. The van der Waals surface area contributed by atoms with Crippen molar-refractivity contribution in [2.45, 2.75) is 309 Å². The van der Waals surface area contributed by atoms with Crippen molar-refractivity contribution < 1.29 is 34.8 Å². The highest BCUT2D eigenvalue weighted by Gasteiger charge is 2.36. The van der Waals surface area contributed by atoms with Gasteiger partial charge in [-0.3, -0.25) is 9.59 Å². The Bertz CT molecular complexity index is 855. The summed E-state index contributed by atoms with van der Waals surface area (Å²) < 4.78 is 6.59. The molecule has 0 aromatic heterocycles. The molecule has 7 nitrogen and oxygen atoms in total. The number of unbranched alkanes of at least 4 members (excludes halogenated alkanes) is 30. The highest BCUT2D eigenvalue weighted by atomic mass is 16.5. The first-order valence-corrected chi connectivity index (χ1v) is 27.1. The molecule has 0 fully saturated rings. The van der Waals surface area contributed by atoms with Crippen molar-refractivity contribution in [2.75, 3.05) is 13.2 Å². The van der Waals surface area contributed by atoms with Gasteiger partial charge in [0.15, 0.2) is 11.6 Å². The smallest absolute Gasteiger partial charge is 0.192 e. The van der Waals surface area contributed by atoms with Gasteiger partial charge in [-0.1, -0.05) is 272 Å². The Morgan fingerprint density at radius 3 is 0.738 bits per heavy atom. The van der Waals surface area contributed by atoms with Crippen LogP contribution in [-0.4, -0.2) is 69.6 Å². The number of ketones is 2. The van der Waals surface area contributed by atoms with Crippen molar-refractivity contribution in [3.8, 4) is 0 Å². The van der Waals surface area contributed by atoms with E-state index in [0.29, 0.717) is 12.8 Å². The molecule has 0 saturated carbocycles. The number of rotatable bonds is 50. The molecule has 4 N–H and O–H groups in total. The van der Waals surface area contributed by atoms with Crippen LogP contribution in [0.2, 0.25) is 0 Å². The van der Waals surface area contributed by atoms with E-state index in [1.807, 2.05) is 0 Å². The quantitative estimate of drug-likeness (QED) is 0.0449. The molecule has 7 heteroatoms. The van der Waals surface area contributed by atoms with Crippen molar-refractivity contribution in [3.05, 3.63) is 0 Å². The number of aliphatic hydroxyl groups excluding tert-OH is 4. The molecule has 364 valence electrons. The molecule has 0 amide bonds. The number of hydrogen-bond acceptors (Lipinski definition) is 7. The van der Waals surface area contributed by atoms with E-state index in [1.54, 1.807) is 0 Å². The van der Waals surface area contributed by atoms with E-state index in [0.717, 1.165) is 77.0 Å². The average molecular weight is 867 g/mol. The maximum Gasteiger partial charge on any atom is 0.192 e. The van der Waals surface area contributed by atoms with E-state index >= 15 is 0 Å². The van der Waals surface area contributed by atoms with E-state index in [-0.39, 0.29) is 11.8 Å². The van der Waals surface area contributed by atoms with Crippen LogP contribution in [0, 0.1) is 11.8 Å². The predicted molar refractivity (Wildman–Crippen MR) is 259 cm³/mol. The minimum atomic E-state index is -1.59. The maximum absolute atomic E-state index is 13.9. The summed E-state index contributed by atoms with van der Waals surface area (Å²) in [6.07, 6.45) is 41.4. The van der Waals surface area contributed by atoms with Crippen LogP contribution < -0.4 is 0 Å². The lowest BCUT2D eigenvalue weighted by Crippen LogP contribution is -2.45. The van der Waals surface area contributed by atoms with Crippen LogP contribution in [0.4, 0.5) is 0 Å². The summed E-state index contributed by atoms with van der Waals surface area (Å²) in [5.74, 6) is -0.771. The van der Waals surface area contributed by atoms with Gasteiger partial charge in [-0.25, -0.2) is 0 Å². The van der Waals surface area contributed by atoms with E-state index in [1.165, 1.54) is 167 Å². The first-order chi connectivity index (χ1) is 29.8. The summed E-state index contributed by atoms with van der Waals surface area (Å²) in [4.78, 5) is 27.7. The van der Waals surface area contributed by atoms with Crippen molar-refractivity contribution >= 4 is 11.6 Å². The SMILES string of the molecule is CCCCCCCCCCCC(CCCCCCCCCC)CC(OC(CC(CCCCCCCCCC)CCCCCCCCCCC)C(=O)C(O)CO)C(=O)C(O)CO. The van der Waals surface area contributed by atoms with Crippen molar-refractivity contribution in [2.24, 2.45) is 11.8 Å². The van der Waals surface area contributed by atoms with Gasteiger partial charge in [0.05, 0.1) is 13.2 Å². The molecular formula is C54H106O7. The molecule has 0 aromatic carbocycles. The standard InChI is InChI=1S/C54H106O7/c1-5-9-13-17-21-25-29-33-37-41-47(39-35-31-27-23-19-15-11-7-3)43-51(53(59)49(57)45-55)61-52(54(60)50(58)46-56)44-48(40-36-32-28-24-20-16-12-8-4)42-38-34-30-26-22-18-14-10-6-2/h47-52,55-58H,5-46H2,1-4H3. The topological polar surface area (TPSA) is 124 Å². The lowest BCUT2D eigenvalue weighted by Gasteiger charge is -2.31. The number of ether oxygens (including phenoxy) is 1. The zero-order valence-corrected chi connectivity index (χ0v) is 41.2. The molecule has 0 heterocycles. The summed E-state index contributed by atoms with van der Waals surface area (Å²) in [7, 11) is 0. The molecule has 0 bridgehead atoms. The Kier molecular flexibility index (Phi) is 45.1. The molecule has 6 unspecified atom stereocenters. The van der Waals surface area contributed by atoms with Crippen LogP contribution in [0.25, 0.3) is 0 Å². The Hall–Kier alpha value is -0.860. The van der Waals surface area contributed by atoms with Gasteiger partial charge in [-0.05, 0) is 24.7 Å².